The Hall–Kier alpha value is -1.33. The molecule has 0 N–H and O–H groups in total. The van der Waals surface area contributed by atoms with Gasteiger partial charge in [-0.2, -0.15) is 0 Å². The van der Waals surface area contributed by atoms with Crippen molar-refractivity contribution in [3.05, 3.63) is 35.4 Å². The molecule has 0 spiro atoms. The van der Waals surface area contributed by atoms with Crippen LogP contribution in [0.3, 0.4) is 0 Å². The molecule has 0 aromatic heterocycles. The number of rotatable bonds is 5. The average molecular weight is 284 g/mol. The topological polar surface area (TPSA) is 35.5 Å². The first kappa shape index (κ1) is 15.1. The van der Waals surface area contributed by atoms with Crippen molar-refractivity contribution in [1.29, 1.82) is 0 Å². The molecule has 0 atom stereocenters. The predicted molar refractivity (Wildman–Crippen MR) is 69.5 cm³/mol. The van der Waals surface area contributed by atoms with Crippen molar-refractivity contribution in [2.75, 3.05) is 19.8 Å². The van der Waals surface area contributed by atoms with E-state index in [4.69, 9.17) is 9.47 Å². The zero-order valence-corrected chi connectivity index (χ0v) is 11.5. The van der Waals surface area contributed by atoms with Crippen molar-refractivity contribution in [1.82, 2.24) is 0 Å². The van der Waals surface area contributed by atoms with Crippen LogP contribution in [-0.2, 0) is 20.7 Å². The highest BCUT2D eigenvalue weighted by Gasteiger charge is 2.40. The van der Waals surface area contributed by atoms with Crippen molar-refractivity contribution >= 4 is 5.78 Å². The fourth-order valence-corrected chi connectivity index (χ4v) is 2.49. The van der Waals surface area contributed by atoms with Gasteiger partial charge in [0.2, 0.25) is 0 Å². The van der Waals surface area contributed by atoms with Crippen LogP contribution in [0.1, 0.15) is 25.3 Å². The van der Waals surface area contributed by atoms with Crippen LogP contribution in [0.2, 0.25) is 0 Å². The number of carbonyl (C=O) groups excluding carboxylic acids is 1. The highest BCUT2D eigenvalue weighted by molar-refractivity contribution is 5.89. The van der Waals surface area contributed by atoms with Gasteiger partial charge in [0.25, 0.3) is 0 Å². The molecular weight excluding hydrogens is 266 g/mol. The van der Waals surface area contributed by atoms with Crippen LogP contribution in [0.5, 0.6) is 0 Å². The van der Waals surface area contributed by atoms with Gasteiger partial charge in [0.15, 0.2) is 5.78 Å². The fraction of sp³-hybridized carbons (Fsp3) is 0.533. The number of halogens is 2. The summed E-state index contributed by atoms with van der Waals surface area (Å²) in [6, 6.07) is 3.14. The largest absolute Gasteiger partial charge is 0.381 e. The Balaban J connectivity index is 2.18. The van der Waals surface area contributed by atoms with Crippen molar-refractivity contribution < 1.29 is 23.0 Å². The van der Waals surface area contributed by atoms with Gasteiger partial charge in [0.05, 0.1) is 0 Å². The molecule has 1 aliphatic heterocycles. The first-order valence-electron chi connectivity index (χ1n) is 6.76. The van der Waals surface area contributed by atoms with Crippen molar-refractivity contribution in [2.24, 2.45) is 0 Å². The summed E-state index contributed by atoms with van der Waals surface area (Å²) in [6.45, 7) is 3.10. The lowest BCUT2D eigenvalue weighted by atomic mass is 9.86. The van der Waals surface area contributed by atoms with Crippen LogP contribution in [0.4, 0.5) is 8.78 Å². The maximum absolute atomic E-state index is 13.6. The summed E-state index contributed by atoms with van der Waals surface area (Å²) >= 11 is 0. The molecule has 1 fully saturated rings. The number of hydrogen-bond donors (Lipinski definition) is 0. The monoisotopic (exact) mass is 284 g/mol. The molecule has 0 bridgehead atoms. The summed E-state index contributed by atoms with van der Waals surface area (Å²) in [7, 11) is 0. The van der Waals surface area contributed by atoms with Crippen LogP contribution >= 0.6 is 0 Å². The second-order valence-electron chi connectivity index (χ2n) is 4.88. The van der Waals surface area contributed by atoms with E-state index < -0.39 is 17.2 Å². The zero-order valence-electron chi connectivity index (χ0n) is 11.5. The van der Waals surface area contributed by atoms with Crippen LogP contribution in [-0.4, -0.2) is 31.2 Å². The molecule has 0 saturated carbocycles. The number of hydrogen-bond acceptors (Lipinski definition) is 3. The van der Waals surface area contributed by atoms with E-state index >= 15 is 0 Å². The molecular formula is C15H18F2O3. The maximum atomic E-state index is 13.6. The second-order valence-corrected chi connectivity index (χ2v) is 4.88. The number of ketones is 1. The van der Waals surface area contributed by atoms with Crippen molar-refractivity contribution in [2.45, 2.75) is 31.8 Å². The molecule has 110 valence electrons. The predicted octanol–water partition coefficient (Wildman–Crippen LogP) is 2.66. The van der Waals surface area contributed by atoms with E-state index in [1.54, 1.807) is 0 Å². The van der Waals surface area contributed by atoms with E-state index in [-0.39, 0.29) is 17.8 Å². The van der Waals surface area contributed by atoms with Gasteiger partial charge in [-0.15, -0.1) is 0 Å². The summed E-state index contributed by atoms with van der Waals surface area (Å²) in [5, 5.41) is 0. The Kier molecular flexibility index (Phi) is 4.83. The third kappa shape index (κ3) is 3.22. The van der Waals surface area contributed by atoms with E-state index in [2.05, 4.69) is 0 Å². The third-order valence-electron chi connectivity index (χ3n) is 3.59. The minimum atomic E-state index is -0.925. The molecule has 2 rings (SSSR count). The van der Waals surface area contributed by atoms with Gasteiger partial charge in [-0.1, -0.05) is 0 Å². The Bertz CT molecular complexity index is 476. The highest BCUT2D eigenvalue weighted by Crippen LogP contribution is 2.28. The fourth-order valence-electron chi connectivity index (χ4n) is 2.49. The summed E-state index contributed by atoms with van der Waals surface area (Å²) in [5.74, 6) is -1.34. The molecule has 0 amide bonds. The molecule has 1 saturated heterocycles. The van der Waals surface area contributed by atoms with E-state index in [1.165, 1.54) is 0 Å². The third-order valence-corrected chi connectivity index (χ3v) is 3.59. The lowest BCUT2D eigenvalue weighted by Crippen LogP contribution is -2.47. The number of benzene rings is 1. The number of carbonyl (C=O) groups is 1. The van der Waals surface area contributed by atoms with Crippen LogP contribution in [0.25, 0.3) is 0 Å². The van der Waals surface area contributed by atoms with E-state index in [1.807, 2.05) is 6.92 Å². The standard InChI is InChI=1S/C15H18F2O3/c1-2-20-15(5-7-19-8-6-15)14(18)10-11-9-12(16)3-4-13(11)17/h3-4,9H,2,5-8,10H2,1H3. The van der Waals surface area contributed by atoms with E-state index in [9.17, 15) is 13.6 Å². The van der Waals surface area contributed by atoms with Crippen molar-refractivity contribution in [3.63, 3.8) is 0 Å². The molecule has 3 nitrogen and oxygen atoms in total. The Morgan fingerprint density at radius 1 is 1.35 bits per heavy atom. The molecule has 1 aromatic rings. The summed E-state index contributed by atoms with van der Waals surface area (Å²) < 4.78 is 37.7. The lowest BCUT2D eigenvalue weighted by Gasteiger charge is -2.35. The molecule has 0 aliphatic carbocycles. The molecule has 5 heteroatoms. The molecule has 0 unspecified atom stereocenters. The summed E-state index contributed by atoms with van der Waals surface area (Å²) in [6.07, 6.45) is 0.747. The van der Waals surface area contributed by atoms with Gasteiger partial charge < -0.3 is 9.47 Å². The number of Topliss-reactive ketones (excluding diaryl/α,β-unsaturated/α-hetero) is 1. The Labute approximate surface area is 116 Å². The molecule has 1 aliphatic rings. The van der Waals surface area contributed by atoms with E-state index in [0.29, 0.717) is 32.7 Å². The molecule has 20 heavy (non-hydrogen) atoms. The van der Waals surface area contributed by atoms with Crippen LogP contribution < -0.4 is 0 Å². The summed E-state index contributed by atoms with van der Waals surface area (Å²) in [4.78, 5) is 12.5. The van der Waals surface area contributed by atoms with Gasteiger partial charge in [-0.05, 0) is 30.7 Å². The van der Waals surface area contributed by atoms with Gasteiger partial charge >= 0.3 is 0 Å². The Morgan fingerprint density at radius 3 is 2.70 bits per heavy atom. The lowest BCUT2D eigenvalue weighted by molar-refractivity contribution is -0.156. The second kappa shape index (κ2) is 6.41. The normalized spacial score (nSPS) is 17.9. The minimum Gasteiger partial charge on any atom is -0.381 e. The maximum Gasteiger partial charge on any atom is 0.169 e. The minimum absolute atomic E-state index is 0.0700. The van der Waals surface area contributed by atoms with Crippen molar-refractivity contribution in [3.8, 4) is 0 Å². The van der Waals surface area contributed by atoms with Gasteiger partial charge in [-0.3, -0.25) is 4.79 Å². The van der Waals surface area contributed by atoms with E-state index in [0.717, 1.165) is 18.2 Å². The van der Waals surface area contributed by atoms with Crippen LogP contribution in [0.15, 0.2) is 18.2 Å². The number of ether oxygens (including phenoxy) is 2. The molecule has 1 heterocycles. The van der Waals surface area contributed by atoms with Crippen LogP contribution in [0, 0.1) is 11.6 Å². The van der Waals surface area contributed by atoms with Gasteiger partial charge in [-0.25, -0.2) is 8.78 Å². The van der Waals surface area contributed by atoms with Gasteiger partial charge in [0.1, 0.15) is 17.2 Å². The first-order chi connectivity index (χ1) is 9.57. The Morgan fingerprint density at radius 2 is 2.05 bits per heavy atom. The first-order valence-corrected chi connectivity index (χ1v) is 6.76. The van der Waals surface area contributed by atoms with Gasteiger partial charge in [0, 0.05) is 39.1 Å². The molecule has 0 radical (unpaired) electrons. The average Bonchev–Trinajstić information content (AvgIpc) is 2.44. The smallest absolute Gasteiger partial charge is 0.169 e. The summed E-state index contributed by atoms with van der Waals surface area (Å²) in [5.41, 5.74) is -0.855. The highest BCUT2D eigenvalue weighted by atomic mass is 19.1. The SMILES string of the molecule is CCOC1(C(=O)Cc2cc(F)ccc2F)CCOCC1. The quantitative estimate of drug-likeness (QED) is 0.834. The zero-order chi connectivity index (χ0) is 14.6. The molecule has 1 aromatic carbocycles.